The van der Waals surface area contributed by atoms with E-state index in [1.807, 2.05) is 30.3 Å². The third-order valence-electron chi connectivity index (χ3n) is 4.35. The molecule has 0 atom stereocenters. The van der Waals surface area contributed by atoms with Crippen LogP contribution in [0.15, 0.2) is 54.6 Å². The number of nitrogens with one attached hydrogen (secondary N) is 2. The van der Waals surface area contributed by atoms with Gasteiger partial charge in [0.1, 0.15) is 5.82 Å². The normalized spacial score (nSPS) is 12.1. The van der Waals surface area contributed by atoms with Crippen molar-refractivity contribution in [1.82, 2.24) is 9.78 Å². The van der Waals surface area contributed by atoms with Gasteiger partial charge in [-0.3, -0.25) is 9.59 Å². The lowest BCUT2D eigenvalue weighted by atomic mass is 10.2. The minimum atomic E-state index is -0.404. The largest absolute Gasteiger partial charge is 0.454 e. The molecule has 0 saturated heterocycles. The molecular weight excluding hydrogens is 372 g/mol. The summed E-state index contributed by atoms with van der Waals surface area (Å²) in [5.74, 6) is 0.853. The summed E-state index contributed by atoms with van der Waals surface area (Å²) in [4.78, 5) is 25.0. The Labute approximate surface area is 167 Å². The van der Waals surface area contributed by atoms with Crippen LogP contribution in [0.2, 0.25) is 0 Å². The van der Waals surface area contributed by atoms with Gasteiger partial charge in [-0.2, -0.15) is 5.10 Å². The first-order valence-corrected chi connectivity index (χ1v) is 9.18. The minimum Gasteiger partial charge on any atom is -0.454 e. The number of ether oxygens (including phenoxy) is 2. The first kappa shape index (κ1) is 18.5. The highest BCUT2D eigenvalue weighted by molar-refractivity contribution is 6.04. The molecule has 1 aliphatic heterocycles. The van der Waals surface area contributed by atoms with Crippen LogP contribution in [0.1, 0.15) is 24.3 Å². The molecule has 148 valence electrons. The standard InChI is InChI=1S/C21H20N4O4/c1-13(2)20(26)23-19-11-16(24-25(19)15-6-4-3-5-7-15)21(27)22-14-8-9-17-18(10-14)29-12-28-17/h3-11,13H,12H2,1-2H3,(H,22,27)(H,23,26). The van der Waals surface area contributed by atoms with Crippen molar-refractivity contribution in [3.05, 3.63) is 60.3 Å². The molecule has 0 saturated carbocycles. The molecule has 2 N–H and O–H groups in total. The molecule has 3 aromatic rings. The quantitative estimate of drug-likeness (QED) is 0.694. The summed E-state index contributed by atoms with van der Waals surface area (Å²) >= 11 is 0. The Bertz CT molecular complexity index is 1060. The number of fused-ring (bicyclic) bond motifs is 1. The number of carbonyl (C=O) groups is 2. The number of amides is 2. The Balaban J connectivity index is 1.62. The van der Waals surface area contributed by atoms with Crippen molar-refractivity contribution in [3.63, 3.8) is 0 Å². The number of hydrogen-bond acceptors (Lipinski definition) is 5. The third kappa shape index (κ3) is 3.91. The fourth-order valence-corrected chi connectivity index (χ4v) is 2.79. The first-order chi connectivity index (χ1) is 14.0. The van der Waals surface area contributed by atoms with Gasteiger partial charge in [0.2, 0.25) is 12.7 Å². The number of aromatic nitrogens is 2. The van der Waals surface area contributed by atoms with Crippen LogP contribution in [0.5, 0.6) is 11.5 Å². The van der Waals surface area contributed by atoms with Gasteiger partial charge >= 0.3 is 0 Å². The van der Waals surface area contributed by atoms with Gasteiger partial charge in [-0.1, -0.05) is 32.0 Å². The van der Waals surface area contributed by atoms with E-state index in [2.05, 4.69) is 15.7 Å². The second kappa shape index (κ2) is 7.67. The van der Waals surface area contributed by atoms with E-state index in [0.717, 1.165) is 5.69 Å². The summed E-state index contributed by atoms with van der Waals surface area (Å²) in [5, 5.41) is 10.0. The van der Waals surface area contributed by atoms with Crippen molar-refractivity contribution in [2.75, 3.05) is 17.4 Å². The molecule has 0 unspecified atom stereocenters. The highest BCUT2D eigenvalue weighted by atomic mass is 16.7. The van der Waals surface area contributed by atoms with Gasteiger partial charge in [-0.15, -0.1) is 0 Å². The number of nitrogens with zero attached hydrogens (tertiary/aromatic N) is 2. The van der Waals surface area contributed by atoms with Gasteiger partial charge in [0.25, 0.3) is 5.91 Å². The lowest BCUT2D eigenvalue weighted by molar-refractivity contribution is -0.118. The number of benzene rings is 2. The van der Waals surface area contributed by atoms with Crippen LogP contribution in [0.3, 0.4) is 0 Å². The van der Waals surface area contributed by atoms with E-state index in [-0.39, 0.29) is 24.3 Å². The lowest BCUT2D eigenvalue weighted by Crippen LogP contribution is -2.19. The fraction of sp³-hybridized carbons (Fsp3) is 0.190. The Morgan fingerprint density at radius 2 is 1.76 bits per heavy atom. The summed E-state index contributed by atoms with van der Waals surface area (Å²) in [6.45, 7) is 3.75. The van der Waals surface area contributed by atoms with E-state index >= 15 is 0 Å². The van der Waals surface area contributed by atoms with Crippen molar-refractivity contribution in [1.29, 1.82) is 0 Å². The van der Waals surface area contributed by atoms with Gasteiger partial charge in [-0.25, -0.2) is 4.68 Å². The maximum absolute atomic E-state index is 12.8. The van der Waals surface area contributed by atoms with Crippen molar-refractivity contribution >= 4 is 23.3 Å². The van der Waals surface area contributed by atoms with E-state index in [4.69, 9.17) is 9.47 Å². The molecule has 1 aliphatic rings. The Hall–Kier alpha value is -3.81. The monoisotopic (exact) mass is 392 g/mol. The van der Waals surface area contributed by atoms with Crippen LogP contribution >= 0.6 is 0 Å². The molecule has 2 amide bonds. The summed E-state index contributed by atoms with van der Waals surface area (Å²) in [6, 6.07) is 16.0. The average molecular weight is 392 g/mol. The Morgan fingerprint density at radius 1 is 1.00 bits per heavy atom. The number of hydrogen-bond donors (Lipinski definition) is 2. The topological polar surface area (TPSA) is 94.5 Å². The number of carbonyl (C=O) groups excluding carboxylic acids is 2. The molecular formula is C21H20N4O4. The first-order valence-electron chi connectivity index (χ1n) is 9.18. The summed E-state index contributed by atoms with van der Waals surface area (Å²) in [6.07, 6.45) is 0. The molecule has 2 aromatic carbocycles. The average Bonchev–Trinajstić information content (AvgIpc) is 3.35. The predicted octanol–water partition coefficient (Wildman–Crippen LogP) is 3.45. The molecule has 0 spiro atoms. The van der Waals surface area contributed by atoms with Crippen molar-refractivity contribution < 1.29 is 19.1 Å². The summed E-state index contributed by atoms with van der Waals surface area (Å²) in [7, 11) is 0. The molecule has 4 rings (SSSR count). The molecule has 0 aliphatic carbocycles. The highest BCUT2D eigenvalue weighted by Crippen LogP contribution is 2.34. The molecule has 2 heterocycles. The Kier molecular flexibility index (Phi) is 4.90. The Morgan fingerprint density at radius 3 is 2.52 bits per heavy atom. The van der Waals surface area contributed by atoms with Crippen LogP contribution in [0, 0.1) is 5.92 Å². The molecule has 29 heavy (non-hydrogen) atoms. The maximum atomic E-state index is 12.8. The maximum Gasteiger partial charge on any atom is 0.276 e. The zero-order valence-corrected chi connectivity index (χ0v) is 16.0. The predicted molar refractivity (Wildman–Crippen MR) is 108 cm³/mol. The van der Waals surface area contributed by atoms with Gasteiger partial charge < -0.3 is 20.1 Å². The lowest BCUT2D eigenvalue weighted by Gasteiger charge is -2.10. The summed E-state index contributed by atoms with van der Waals surface area (Å²) < 4.78 is 12.1. The van der Waals surface area contributed by atoms with Crippen LogP contribution < -0.4 is 20.1 Å². The second-order valence-corrected chi connectivity index (χ2v) is 6.83. The molecule has 0 bridgehead atoms. The van der Waals surface area contributed by atoms with Crippen molar-refractivity contribution in [2.24, 2.45) is 5.92 Å². The van der Waals surface area contributed by atoms with Crippen LogP contribution in [0.25, 0.3) is 5.69 Å². The van der Waals surface area contributed by atoms with E-state index in [0.29, 0.717) is 23.0 Å². The van der Waals surface area contributed by atoms with Gasteiger partial charge in [0.05, 0.1) is 5.69 Å². The van der Waals surface area contributed by atoms with Crippen molar-refractivity contribution in [2.45, 2.75) is 13.8 Å². The van der Waals surface area contributed by atoms with E-state index in [1.54, 1.807) is 38.1 Å². The molecule has 0 radical (unpaired) electrons. The van der Waals surface area contributed by atoms with Crippen LogP contribution in [-0.2, 0) is 4.79 Å². The minimum absolute atomic E-state index is 0.160. The SMILES string of the molecule is CC(C)C(=O)Nc1cc(C(=O)Nc2ccc3c(c2)OCO3)nn1-c1ccccc1. The number of anilines is 2. The van der Waals surface area contributed by atoms with E-state index < -0.39 is 5.91 Å². The second-order valence-electron chi connectivity index (χ2n) is 6.83. The number of para-hydroxylation sites is 1. The molecule has 1 aromatic heterocycles. The molecule has 8 heteroatoms. The zero-order valence-electron chi connectivity index (χ0n) is 16.0. The fourth-order valence-electron chi connectivity index (χ4n) is 2.79. The van der Waals surface area contributed by atoms with Gasteiger partial charge in [0.15, 0.2) is 17.2 Å². The molecule has 0 fully saturated rings. The van der Waals surface area contributed by atoms with E-state index in [9.17, 15) is 9.59 Å². The van der Waals surface area contributed by atoms with Gasteiger partial charge in [-0.05, 0) is 24.3 Å². The highest BCUT2D eigenvalue weighted by Gasteiger charge is 2.19. The van der Waals surface area contributed by atoms with E-state index in [1.165, 1.54) is 4.68 Å². The van der Waals surface area contributed by atoms with Gasteiger partial charge in [0, 0.05) is 23.7 Å². The summed E-state index contributed by atoms with van der Waals surface area (Å²) in [5.41, 5.74) is 1.46. The molecule has 8 nitrogen and oxygen atoms in total. The third-order valence-corrected chi connectivity index (χ3v) is 4.35. The smallest absolute Gasteiger partial charge is 0.276 e. The van der Waals surface area contributed by atoms with Crippen LogP contribution in [-0.4, -0.2) is 28.4 Å². The van der Waals surface area contributed by atoms with Crippen LogP contribution in [0.4, 0.5) is 11.5 Å². The number of rotatable bonds is 5. The zero-order chi connectivity index (χ0) is 20.4. The van der Waals surface area contributed by atoms with Crippen molar-refractivity contribution in [3.8, 4) is 17.2 Å².